The van der Waals surface area contributed by atoms with Crippen molar-refractivity contribution < 1.29 is 52.3 Å². The average molecular weight is 538 g/mol. The number of methoxy groups -OCH3 is 2. The summed E-state index contributed by atoms with van der Waals surface area (Å²) in [5.74, 6) is -0.863. The molecule has 6 aromatic rings. The summed E-state index contributed by atoms with van der Waals surface area (Å²) in [6, 6.07) is 5.85. The second-order valence-electron chi connectivity index (χ2n) is 8.34. The Bertz CT molecular complexity index is 1870. The van der Waals surface area contributed by atoms with E-state index in [1.165, 1.54) is 38.9 Å². The smallest absolute Gasteiger partial charge is 0.348 e. The highest BCUT2D eigenvalue weighted by molar-refractivity contribution is 6.06. The minimum atomic E-state index is -2.42. The van der Waals surface area contributed by atoms with Gasteiger partial charge < -0.3 is 52.3 Å². The molecule has 0 spiro atoms. The molecule has 0 radical (unpaired) electrons. The second-order valence-corrected chi connectivity index (χ2v) is 8.34. The van der Waals surface area contributed by atoms with E-state index in [9.17, 15) is 30.0 Å². The molecule has 0 atom stereocenters. The monoisotopic (exact) mass is 538 g/mol. The summed E-state index contributed by atoms with van der Waals surface area (Å²) < 4.78 is 38.7. The van der Waals surface area contributed by atoms with Crippen molar-refractivity contribution >= 4 is 43.9 Å². The molecule has 13 nitrogen and oxygen atoms in total. The number of aliphatic hydroxyl groups is 4. The van der Waals surface area contributed by atoms with Crippen LogP contribution in [0.2, 0.25) is 0 Å². The van der Waals surface area contributed by atoms with Gasteiger partial charge in [0, 0.05) is 12.1 Å². The maximum atomic E-state index is 12.9. The Morgan fingerprint density at radius 2 is 1.05 bits per heavy atom. The number of benzene rings is 2. The SMILES string of the molecule is COc1c2ccoc2cc2oc(=O)c(C(O)O)c(Oc3c(C(O)O)c(=O)oc4cc5occc5c(OC)c34)c12. The number of hydrogen-bond donors (Lipinski definition) is 4. The van der Waals surface area contributed by atoms with Crippen LogP contribution in [0.4, 0.5) is 0 Å². The summed E-state index contributed by atoms with van der Waals surface area (Å²) >= 11 is 0. The lowest BCUT2D eigenvalue weighted by Gasteiger charge is -2.19. The molecule has 4 aromatic heterocycles. The fraction of sp³-hybridized carbons (Fsp3) is 0.154. The van der Waals surface area contributed by atoms with Crippen LogP contribution < -0.4 is 25.5 Å². The molecule has 0 aliphatic heterocycles. The highest BCUT2D eigenvalue weighted by atomic mass is 16.5. The first-order chi connectivity index (χ1) is 18.7. The second kappa shape index (κ2) is 8.89. The van der Waals surface area contributed by atoms with Crippen molar-refractivity contribution in [1.82, 2.24) is 0 Å². The zero-order valence-electron chi connectivity index (χ0n) is 20.1. The predicted molar refractivity (Wildman–Crippen MR) is 132 cm³/mol. The first-order valence-corrected chi connectivity index (χ1v) is 11.2. The minimum Gasteiger partial charge on any atom is -0.495 e. The quantitative estimate of drug-likeness (QED) is 0.178. The van der Waals surface area contributed by atoms with Gasteiger partial charge in [0.2, 0.25) is 0 Å². The number of ether oxygens (including phenoxy) is 3. The Labute approximate surface area is 215 Å². The van der Waals surface area contributed by atoms with Gasteiger partial charge in [-0.15, -0.1) is 0 Å². The summed E-state index contributed by atoms with van der Waals surface area (Å²) in [5, 5.41) is 41.4. The molecule has 200 valence electrons. The normalized spacial score (nSPS) is 12.0. The molecule has 2 aromatic carbocycles. The molecule has 4 N–H and O–H groups in total. The van der Waals surface area contributed by atoms with Crippen molar-refractivity contribution in [2.45, 2.75) is 12.6 Å². The molecule has 39 heavy (non-hydrogen) atoms. The van der Waals surface area contributed by atoms with Crippen LogP contribution in [0.25, 0.3) is 43.9 Å². The molecule has 0 aliphatic carbocycles. The van der Waals surface area contributed by atoms with Crippen LogP contribution >= 0.6 is 0 Å². The Balaban J connectivity index is 1.81. The van der Waals surface area contributed by atoms with Gasteiger partial charge in [-0.25, -0.2) is 9.59 Å². The maximum absolute atomic E-state index is 12.9. The number of hydrogen-bond acceptors (Lipinski definition) is 13. The van der Waals surface area contributed by atoms with Crippen LogP contribution in [0, 0.1) is 0 Å². The van der Waals surface area contributed by atoms with E-state index >= 15 is 0 Å². The molecule has 6 rings (SSSR count). The number of furan rings is 2. The lowest BCUT2D eigenvalue weighted by molar-refractivity contribution is -0.0471. The summed E-state index contributed by atoms with van der Waals surface area (Å²) in [4.78, 5) is 25.8. The molecule has 0 saturated heterocycles. The van der Waals surface area contributed by atoms with Gasteiger partial charge in [0.05, 0.1) is 37.5 Å². The maximum Gasteiger partial charge on any atom is 0.348 e. The van der Waals surface area contributed by atoms with E-state index in [2.05, 4.69) is 0 Å². The highest BCUT2D eigenvalue weighted by Crippen LogP contribution is 2.48. The van der Waals surface area contributed by atoms with Crippen molar-refractivity contribution in [2.75, 3.05) is 14.2 Å². The summed E-state index contributed by atoms with van der Waals surface area (Å²) in [6.45, 7) is 0. The van der Waals surface area contributed by atoms with E-state index in [4.69, 9.17) is 31.9 Å². The fourth-order valence-electron chi connectivity index (χ4n) is 4.66. The first-order valence-electron chi connectivity index (χ1n) is 11.2. The standard InChI is InChI=1S/C26H18O13/c1-33-19-9-3-5-35-11(9)7-13-15(19)21(17(23(27)28)25(31)37-13)39-22-16-14(38-26(32)18(22)24(29)30)8-12-10(4-6-36-12)20(16)34-2/h3-8,23-24,27-30H,1-2H3. The van der Waals surface area contributed by atoms with Crippen molar-refractivity contribution in [3.63, 3.8) is 0 Å². The Kier molecular flexibility index (Phi) is 5.59. The van der Waals surface area contributed by atoms with Crippen molar-refractivity contribution in [2.24, 2.45) is 0 Å². The third kappa shape index (κ3) is 3.56. The Morgan fingerprint density at radius 1 is 0.641 bits per heavy atom. The third-order valence-electron chi connectivity index (χ3n) is 6.27. The van der Waals surface area contributed by atoms with Crippen LogP contribution in [-0.2, 0) is 0 Å². The van der Waals surface area contributed by atoms with Crippen molar-refractivity contribution in [3.05, 3.63) is 68.8 Å². The zero-order valence-corrected chi connectivity index (χ0v) is 20.1. The van der Waals surface area contributed by atoms with E-state index in [1.54, 1.807) is 12.1 Å². The third-order valence-corrected chi connectivity index (χ3v) is 6.27. The van der Waals surface area contributed by atoms with Crippen LogP contribution in [-0.4, -0.2) is 34.6 Å². The van der Waals surface area contributed by atoms with Gasteiger partial charge in [-0.2, -0.15) is 0 Å². The first kappa shape index (κ1) is 24.5. The van der Waals surface area contributed by atoms with Gasteiger partial charge in [0.15, 0.2) is 24.1 Å². The van der Waals surface area contributed by atoms with Gasteiger partial charge in [-0.3, -0.25) is 0 Å². The molecule has 0 amide bonds. The lowest BCUT2D eigenvalue weighted by atomic mass is 10.1. The molecule has 0 bridgehead atoms. The van der Waals surface area contributed by atoms with Crippen LogP contribution in [0.5, 0.6) is 23.0 Å². The largest absolute Gasteiger partial charge is 0.495 e. The number of fused-ring (bicyclic) bond motifs is 4. The minimum absolute atomic E-state index is 0.0442. The predicted octanol–water partition coefficient (Wildman–Crippen LogP) is 3.17. The summed E-state index contributed by atoms with van der Waals surface area (Å²) in [7, 11) is 2.64. The van der Waals surface area contributed by atoms with Crippen LogP contribution in [0.3, 0.4) is 0 Å². The van der Waals surface area contributed by atoms with E-state index in [-0.39, 0.29) is 44.6 Å². The van der Waals surface area contributed by atoms with Crippen molar-refractivity contribution in [3.8, 4) is 23.0 Å². The lowest BCUT2D eigenvalue weighted by Crippen LogP contribution is -2.17. The van der Waals surface area contributed by atoms with Gasteiger partial charge in [0.25, 0.3) is 0 Å². The average Bonchev–Trinajstić information content (AvgIpc) is 3.54. The molecule has 0 saturated carbocycles. The van der Waals surface area contributed by atoms with E-state index in [0.29, 0.717) is 10.8 Å². The van der Waals surface area contributed by atoms with Gasteiger partial charge in [-0.1, -0.05) is 0 Å². The summed E-state index contributed by atoms with van der Waals surface area (Å²) in [5.41, 5.74) is -3.58. The van der Waals surface area contributed by atoms with Gasteiger partial charge >= 0.3 is 11.3 Å². The number of aliphatic hydroxyl groups excluding tert-OH is 2. The highest BCUT2D eigenvalue weighted by Gasteiger charge is 2.31. The molecular formula is C26H18O13. The zero-order chi connectivity index (χ0) is 27.6. The molecule has 0 fully saturated rings. The number of rotatable bonds is 6. The van der Waals surface area contributed by atoms with E-state index in [1.807, 2.05) is 0 Å². The topological polar surface area (TPSA) is 195 Å². The van der Waals surface area contributed by atoms with E-state index < -0.39 is 46.5 Å². The fourth-order valence-corrected chi connectivity index (χ4v) is 4.66. The van der Waals surface area contributed by atoms with Crippen LogP contribution in [0.1, 0.15) is 23.7 Å². The Hall–Kier alpha value is -4.82. The molecule has 13 heteroatoms. The van der Waals surface area contributed by atoms with Crippen molar-refractivity contribution in [1.29, 1.82) is 0 Å². The molecule has 0 aliphatic rings. The van der Waals surface area contributed by atoms with E-state index in [0.717, 1.165) is 0 Å². The Morgan fingerprint density at radius 3 is 1.41 bits per heavy atom. The molecule has 4 heterocycles. The summed E-state index contributed by atoms with van der Waals surface area (Å²) in [6.07, 6.45) is -2.10. The molecular weight excluding hydrogens is 520 g/mol. The van der Waals surface area contributed by atoms with Crippen LogP contribution in [0.15, 0.2) is 64.0 Å². The molecule has 0 unspecified atom stereocenters. The van der Waals surface area contributed by atoms with Gasteiger partial charge in [0.1, 0.15) is 55.7 Å². The van der Waals surface area contributed by atoms with Gasteiger partial charge in [-0.05, 0) is 12.1 Å².